The molecular weight excluding hydrogens is 314 g/mol. The van der Waals surface area contributed by atoms with E-state index in [0.29, 0.717) is 24.1 Å². The van der Waals surface area contributed by atoms with E-state index in [-0.39, 0.29) is 11.6 Å². The number of carbonyl (C=O) groups is 1. The maximum atomic E-state index is 11.6. The highest BCUT2D eigenvalue weighted by molar-refractivity contribution is 9.10. The zero-order valence-electron chi connectivity index (χ0n) is 10.5. The molecule has 0 aromatic heterocycles. The first-order valence-corrected chi connectivity index (χ1v) is 6.66. The molecule has 1 aliphatic heterocycles. The van der Waals surface area contributed by atoms with Gasteiger partial charge in [0.2, 0.25) is 5.91 Å². The topological polar surface area (TPSA) is 66.7 Å². The van der Waals surface area contributed by atoms with Gasteiger partial charge in [0.25, 0.3) is 5.69 Å². The lowest BCUT2D eigenvalue weighted by Crippen LogP contribution is -2.47. The molecule has 0 bridgehead atoms. The van der Waals surface area contributed by atoms with Crippen molar-refractivity contribution in [2.24, 2.45) is 0 Å². The Kier molecular flexibility index (Phi) is 4.16. The fourth-order valence-electron chi connectivity index (χ4n) is 2.00. The Morgan fingerprint density at radius 3 is 2.79 bits per heavy atom. The van der Waals surface area contributed by atoms with Gasteiger partial charge in [-0.15, -0.1) is 0 Å². The predicted octanol–water partition coefficient (Wildman–Crippen LogP) is 1.63. The summed E-state index contributed by atoms with van der Waals surface area (Å²) in [5.41, 5.74) is 0.894. The van der Waals surface area contributed by atoms with Gasteiger partial charge in [0.05, 0.1) is 15.9 Å². The Labute approximate surface area is 119 Å². The summed E-state index contributed by atoms with van der Waals surface area (Å²) in [5, 5.41) is 10.9. The van der Waals surface area contributed by atoms with E-state index in [9.17, 15) is 14.9 Å². The Balaban J connectivity index is 2.09. The summed E-state index contributed by atoms with van der Waals surface area (Å²) in [6, 6.07) is 5.05. The molecule has 0 aliphatic carbocycles. The van der Waals surface area contributed by atoms with Gasteiger partial charge in [-0.25, -0.2) is 0 Å². The van der Waals surface area contributed by atoms with Crippen LogP contribution in [-0.4, -0.2) is 47.3 Å². The van der Waals surface area contributed by atoms with Gasteiger partial charge < -0.3 is 4.90 Å². The summed E-state index contributed by atoms with van der Waals surface area (Å²) in [6.45, 7) is 2.39. The maximum absolute atomic E-state index is 11.6. The van der Waals surface area contributed by atoms with Crippen LogP contribution in [0.3, 0.4) is 0 Å². The Hall–Kier alpha value is -1.47. The summed E-state index contributed by atoms with van der Waals surface area (Å²) >= 11 is 3.16. The molecule has 0 spiro atoms. The summed E-state index contributed by atoms with van der Waals surface area (Å²) in [7, 11) is 1.78. The molecule has 1 aliphatic rings. The van der Waals surface area contributed by atoms with Gasteiger partial charge in [-0.1, -0.05) is 6.07 Å². The van der Waals surface area contributed by atoms with Crippen LogP contribution in [0.2, 0.25) is 0 Å². The number of hydrogen-bond acceptors (Lipinski definition) is 4. The standard InChI is InChI=1S/C12H14BrN3O3/c1-14-4-5-15(8-12(14)17)7-9-2-3-10(13)11(6-9)16(18)19/h2-3,6H,4-5,7-8H2,1H3. The smallest absolute Gasteiger partial charge is 0.283 e. The highest BCUT2D eigenvalue weighted by Crippen LogP contribution is 2.26. The number of nitro benzene ring substituents is 1. The van der Waals surface area contributed by atoms with Crippen LogP contribution < -0.4 is 0 Å². The number of nitro groups is 1. The molecule has 2 rings (SSSR count). The van der Waals surface area contributed by atoms with Crippen molar-refractivity contribution in [2.45, 2.75) is 6.54 Å². The van der Waals surface area contributed by atoms with Gasteiger partial charge in [0, 0.05) is 32.7 Å². The number of piperazine rings is 1. The number of carbonyl (C=O) groups excluding carboxylic acids is 1. The lowest BCUT2D eigenvalue weighted by molar-refractivity contribution is -0.385. The summed E-state index contributed by atoms with van der Waals surface area (Å²) in [5.74, 6) is 0.0814. The molecule has 19 heavy (non-hydrogen) atoms. The van der Waals surface area contributed by atoms with Crippen molar-refractivity contribution >= 4 is 27.5 Å². The van der Waals surface area contributed by atoms with Crippen LogP contribution in [0.1, 0.15) is 5.56 Å². The molecule has 0 atom stereocenters. The lowest BCUT2D eigenvalue weighted by atomic mass is 10.1. The molecule has 1 aromatic carbocycles. The third-order valence-corrected chi connectivity index (χ3v) is 3.82. The molecule has 0 unspecified atom stereocenters. The van der Waals surface area contributed by atoms with E-state index in [1.807, 2.05) is 11.0 Å². The molecule has 6 nitrogen and oxygen atoms in total. The van der Waals surface area contributed by atoms with E-state index in [0.717, 1.165) is 12.1 Å². The first-order chi connectivity index (χ1) is 8.97. The quantitative estimate of drug-likeness (QED) is 0.625. The van der Waals surface area contributed by atoms with Crippen molar-refractivity contribution < 1.29 is 9.72 Å². The first-order valence-electron chi connectivity index (χ1n) is 5.86. The van der Waals surface area contributed by atoms with Crippen molar-refractivity contribution in [3.05, 3.63) is 38.3 Å². The number of halogens is 1. The van der Waals surface area contributed by atoms with E-state index >= 15 is 0 Å². The molecule has 0 saturated carbocycles. The third-order valence-electron chi connectivity index (χ3n) is 3.15. The minimum Gasteiger partial charge on any atom is -0.343 e. The minimum atomic E-state index is -0.414. The molecule has 102 valence electrons. The van der Waals surface area contributed by atoms with Crippen LogP contribution in [0, 0.1) is 10.1 Å². The van der Waals surface area contributed by atoms with Crippen molar-refractivity contribution in [3.63, 3.8) is 0 Å². The van der Waals surface area contributed by atoms with Gasteiger partial charge in [0.15, 0.2) is 0 Å². The van der Waals surface area contributed by atoms with Crippen LogP contribution in [0.4, 0.5) is 5.69 Å². The maximum Gasteiger partial charge on any atom is 0.283 e. The molecule has 7 heteroatoms. The van der Waals surface area contributed by atoms with E-state index in [4.69, 9.17) is 0 Å². The van der Waals surface area contributed by atoms with Gasteiger partial charge >= 0.3 is 0 Å². The number of likely N-dealkylation sites (N-methyl/N-ethyl adjacent to an activating group) is 1. The van der Waals surface area contributed by atoms with Gasteiger partial charge in [-0.2, -0.15) is 0 Å². The summed E-state index contributed by atoms with van der Waals surface area (Å²) in [4.78, 5) is 25.7. The van der Waals surface area contributed by atoms with Crippen LogP contribution in [0.25, 0.3) is 0 Å². The fourth-order valence-corrected chi connectivity index (χ4v) is 2.39. The number of hydrogen-bond donors (Lipinski definition) is 0. The van der Waals surface area contributed by atoms with E-state index in [1.165, 1.54) is 0 Å². The monoisotopic (exact) mass is 327 g/mol. The zero-order valence-corrected chi connectivity index (χ0v) is 12.1. The Morgan fingerprint density at radius 1 is 1.42 bits per heavy atom. The van der Waals surface area contributed by atoms with E-state index in [2.05, 4.69) is 15.9 Å². The molecule has 1 heterocycles. The van der Waals surface area contributed by atoms with Crippen LogP contribution in [0.5, 0.6) is 0 Å². The van der Waals surface area contributed by atoms with Gasteiger partial charge in [-0.05, 0) is 27.6 Å². The van der Waals surface area contributed by atoms with E-state index < -0.39 is 4.92 Å². The lowest BCUT2D eigenvalue weighted by Gasteiger charge is -2.31. The summed E-state index contributed by atoms with van der Waals surface area (Å²) in [6.07, 6.45) is 0. The molecule has 1 fully saturated rings. The molecule has 1 amide bonds. The molecule has 0 N–H and O–H groups in total. The highest BCUT2D eigenvalue weighted by atomic mass is 79.9. The SMILES string of the molecule is CN1CCN(Cc2ccc(Br)c([N+](=O)[O-])c2)CC1=O. The van der Waals surface area contributed by atoms with Crippen molar-refractivity contribution in [1.29, 1.82) is 0 Å². The summed E-state index contributed by atoms with van der Waals surface area (Å²) < 4.78 is 0.468. The van der Waals surface area contributed by atoms with Gasteiger partial charge in [-0.3, -0.25) is 19.8 Å². The molecular formula is C12H14BrN3O3. The van der Waals surface area contributed by atoms with Crippen molar-refractivity contribution in [2.75, 3.05) is 26.7 Å². The normalized spacial score (nSPS) is 16.7. The van der Waals surface area contributed by atoms with E-state index in [1.54, 1.807) is 24.1 Å². The third kappa shape index (κ3) is 3.30. The Bertz CT molecular complexity index is 521. The molecule has 1 saturated heterocycles. The Morgan fingerprint density at radius 2 is 2.16 bits per heavy atom. The fraction of sp³-hybridized carbons (Fsp3) is 0.417. The zero-order chi connectivity index (χ0) is 14.0. The molecule has 1 aromatic rings. The van der Waals surface area contributed by atoms with Crippen LogP contribution >= 0.6 is 15.9 Å². The molecule has 0 radical (unpaired) electrons. The van der Waals surface area contributed by atoms with Gasteiger partial charge in [0.1, 0.15) is 0 Å². The predicted molar refractivity (Wildman–Crippen MR) is 73.7 cm³/mol. The first kappa shape index (κ1) is 14.0. The second kappa shape index (κ2) is 5.66. The number of rotatable bonds is 3. The second-order valence-electron chi connectivity index (χ2n) is 4.57. The highest BCUT2D eigenvalue weighted by Gasteiger charge is 2.21. The van der Waals surface area contributed by atoms with Crippen molar-refractivity contribution in [3.8, 4) is 0 Å². The minimum absolute atomic E-state index is 0.0537. The second-order valence-corrected chi connectivity index (χ2v) is 5.42. The largest absolute Gasteiger partial charge is 0.343 e. The number of benzene rings is 1. The number of amides is 1. The number of nitrogens with zero attached hydrogens (tertiary/aromatic N) is 3. The average Bonchev–Trinajstić information content (AvgIpc) is 2.36. The van der Waals surface area contributed by atoms with Crippen molar-refractivity contribution in [1.82, 2.24) is 9.80 Å². The van der Waals surface area contributed by atoms with Crippen LogP contribution in [-0.2, 0) is 11.3 Å². The average molecular weight is 328 g/mol. The van der Waals surface area contributed by atoms with Crippen LogP contribution in [0.15, 0.2) is 22.7 Å².